The predicted octanol–water partition coefficient (Wildman–Crippen LogP) is 8.65. The zero-order valence-corrected chi connectivity index (χ0v) is 37.6. The minimum atomic E-state index is -1.49. The van der Waals surface area contributed by atoms with Crippen LogP contribution in [0.1, 0.15) is 67.4 Å². The molecule has 0 bridgehead atoms. The summed E-state index contributed by atoms with van der Waals surface area (Å²) >= 11 is 7.86. The number of terminal acetylenes is 1. The molecule has 2 unspecified atom stereocenters. The Hall–Kier alpha value is -6.80. The number of amidine groups is 2. The van der Waals surface area contributed by atoms with Crippen LogP contribution in [-0.2, 0) is 22.9 Å². The van der Waals surface area contributed by atoms with Gasteiger partial charge in [-0.15, -0.1) is 6.42 Å². The van der Waals surface area contributed by atoms with Crippen molar-refractivity contribution >= 4 is 65.0 Å². The average molecular weight is 932 g/mol. The van der Waals surface area contributed by atoms with Crippen LogP contribution in [0, 0.1) is 42.1 Å². The SMILES string of the molecule is C.C#CC#CC.CC1(c2cccc(-c3cccc(C#N)c3)c2)N=C(N)c2ncccc21.CC1(c2cccc(Br)c2)N=C(N)c2ncccc21.CP=S.[C-]#[N+]c1cccc(B(O)O)c1. The molecule has 0 radical (unpaired) electrons. The predicted molar refractivity (Wildman–Crippen MR) is 265 cm³/mol. The first-order valence-electron chi connectivity index (χ1n) is 18.7. The van der Waals surface area contributed by atoms with Gasteiger partial charge in [-0.2, -0.15) is 5.26 Å². The second-order valence-corrected chi connectivity index (χ2v) is 15.9. The van der Waals surface area contributed by atoms with Crippen LogP contribution in [-0.4, -0.2) is 45.5 Å². The summed E-state index contributed by atoms with van der Waals surface area (Å²) < 4.78 is 1.03. The number of hydrogen-bond donors (Lipinski definition) is 4. The van der Waals surface area contributed by atoms with Crippen LogP contribution in [0.4, 0.5) is 5.69 Å². The molecule has 0 spiro atoms. The Morgan fingerprint density at radius 1 is 0.794 bits per heavy atom. The second kappa shape index (κ2) is 24.0. The minimum absolute atomic E-state index is 0. The summed E-state index contributed by atoms with van der Waals surface area (Å²) in [5, 5.41) is 26.5. The first-order chi connectivity index (χ1) is 29.8. The van der Waals surface area contributed by atoms with Gasteiger partial charge in [0.2, 0.25) is 0 Å². The van der Waals surface area contributed by atoms with Crippen LogP contribution in [0.15, 0.2) is 148 Å². The molecule has 10 nitrogen and oxygen atoms in total. The van der Waals surface area contributed by atoms with Crippen LogP contribution in [0.25, 0.3) is 16.0 Å². The maximum atomic E-state index is 9.13. The van der Waals surface area contributed by atoms with Gasteiger partial charge in [0.05, 0.1) is 18.2 Å². The number of rotatable bonds is 4. The summed E-state index contributed by atoms with van der Waals surface area (Å²) in [6.07, 6.45) is 8.19. The van der Waals surface area contributed by atoms with E-state index in [9.17, 15) is 0 Å². The topological polar surface area (TPSA) is 171 Å². The molecule has 6 N–H and O–H groups in total. The van der Waals surface area contributed by atoms with Crippen LogP contribution in [0.2, 0.25) is 0 Å². The number of benzene rings is 4. The summed E-state index contributed by atoms with van der Waals surface area (Å²) in [4.78, 5) is 21.1. The van der Waals surface area contributed by atoms with E-state index in [0.717, 1.165) is 56.6 Å². The molecule has 2 aliphatic rings. The monoisotopic (exact) mass is 930 g/mol. The molecule has 0 amide bonds. The standard InChI is InChI=1S/C21H16N4.C14H12BrN3.C7H6BNO2.C5H4.CH3PS.CH4/c1-21(18-9-4-10-24-19(18)20(23)25-21)17-8-3-7-16(12-17)15-6-2-5-14(11-15)13-22;1-14(9-4-2-5-10(15)8-9)11-6-3-7-17-12(11)13(16)18-14;1-9-7-4-2-3-6(5-7)8(10)11;1-3-5-4-2;1-2-3;/h2-12H,1H3,(H2,23,25);2-8H,1H3,(H2,16,18);2-5,10-11H;1H,2H3;1H3;1H4. The lowest BCUT2D eigenvalue weighted by Crippen LogP contribution is -2.29. The first-order valence-corrected chi connectivity index (χ1v) is 21.9. The number of aromatic nitrogens is 2. The third-order valence-corrected chi connectivity index (χ3v) is 9.96. The van der Waals surface area contributed by atoms with Crippen LogP contribution < -0.4 is 16.9 Å². The molecule has 314 valence electrons. The molecule has 4 aromatic carbocycles. The molecule has 14 heteroatoms. The van der Waals surface area contributed by atoms with Gasteiger partial charge >= 0.3 is 7.12 Å². The van der Waals surface area contributed by atoms with Gasteiger partial charge in [0.1, 0.15) is 34.1 Å². The summed E-state index contributed by atoms with van der Waals surface area (Å²) in [6.45, 7) is 14.4. The van der Waals surface area contributed by atoms with E-state index in [0.29, 0.717) is 28.4 Å². The normalized spacial score (nSPS) is 15.6. The van der Waals surface area contributed by atoms with Gasteiger partial charge in [0.15, 0.2) is 5.69 Å². The minimum Gasteiger partial charge on any atom is -0.423 e. The molecule has 4 heterocycles. The zero-order chi connectivity index (χ0) is 45.3. The van der Waals surface area contributed by atoms with Crippen LogP contribution in [0.3, 0.4) is 0 Å². The maximum Gasteiger partial charge on any atom is 0.487 e. The molecule has 2 aromatic heterocycles. The molecule has 8 rings (SSSR count). The Morgan fingerprint density at radius 2 is 1.30 bits per heavy atom. The van der Waals surface area contributed by atoms with E-state index in [4.69, 9.17) is 44.8 Å². The van der Waals surface area contributed by atoms with E-state index >= 15 is 0 Å². The van der Waals surface area contributed by atoms with Gasteiger partial charge in [-0.3, -0.25) is 20.0 Å². The fraction of sp³-hybridized carbons (Fsp3) is 0.143. The zero-order valence-electron chi connectivity index (χ0n) is 34.3. The van der Waals surface area contributed by atoms with Gasteiger partial charge in [-0.1, -0.05) is 120 Å². The highest BCUT2D eigenvalue weighted by atomic mass is 79.9. The molecule has 0 fully saturated rings. The van der Waals surface area contributed by atoms with E-state index in [1.807, 2.05) is 73.4 Å². The number of nitriles is 1. The first kappa shape index (κ1) is 50.6. The van der Waals surface area contributed by atoms with Crippen molar-refractivity contribution in [3.8, 4) is 41.4 Å². The Balaban J connectivity index is 0.000000243. The summed E-state index contributed by atoms with van der Waals surface area (Å²) in [6, 6.07) is 40.2. The molecule has 2 aliphatic heterocycles. The van der Waals surface area contributed by atoms with Crippen molar-refractivity contribution in [1.29, 1.82) is 5.26 Å². The average Bonchev–Trinajstić information content (AvgIpc) is 3.73. The molecule has 0 saturated carbocycles. The van der Waals surface area contributed by atoms with Crippen molar-refractivity contribution < 1.29 is 10.0 Å². The van der Waals surface area contributed by atoms with Crippen LogP contribution in [0.5, 0.6) is 0 Å². The van der Waals surface area contributed by atoms with Crippen molar-refractivity contribution in [2.75, 3.05) is 6.66 Å². The highest BCUT2D eigenvalue weighted by Gasteiger charge is 2.38. The number of hydrogen-bond acceptors (Lipinski definition) is 10. The molecule has 0 aliphatic carbocycles. The smallest absolute Gasteiger partial charge is 0.423 e. The Morgan fingerprint density at radius 3 is 1.78 bits per heavy atom. The number of nitrogens with two attached hydrogens (primary N) is 2. The maximum absolute atomic E-state index is 9.13. The lowest BCUT2D eigenvalue weighted by atomic mass is 9.80. The van der Waals surface area contributed by atoms with E-state index in [1.54, 1.807) is 43.6 Å². The van der Waals surface area contributed by atoms with Crippen molar-refractivity contribution in [3.05, 3.63) is 189 Å². The highest BCUT2D eigenvalue weighted by Crippen LogP contribution is 2.41. The fourth-order valence-corrected chi connectivity index (χ4v) is 6.94. The van der Waals surface area contributed by atoms with Crippen molar-refractivity contribution in [1.82, 2.24) is 9.97 Å². The molecule has 0 saturated heterocycles. The van der Waals surface area contributed by atoms with Gasteiger partial charge in [-0.05, 0) is 117 Å². The molecular weight excluding hydrogens is 886 g/mol. The quantitative estimate of drug-likeness (QED) is 0.0589. The van der Waals surface area contributed by atoms with Crippen LogP contribution >= 0.6 is 23.3 Å². The summed E-state index contributed by atoms with van der Waals surface area (Å²) in [5.41, 5.74) is 20.3. The second-order valence-electron chi connectivity index (χ2n) is 13.5. The summed E-state index contributed by atoms with van der Waals surface area (Å²) in [7, 11) is -0.489. The van der Waals surface area contributed by atoms with E-state index in [2.05, 4.69) is 109 Å². The van der Waals surface area contributed by atoms with Crippen molar-refractivity contribution in [2.45, 2.75) is 39.3 Å². The Bertz CT molecular complexity index is 2820. The number of pyridine rings is 2. The fourth-order valence-electron chi connectivity index (χ4n) is 6.54. The Labute approximate surface area is 385 Å². The third kappa shape index (κ3) is 12.6. The molecule has 2 atom stereocenters. The third-order valence-electron chi connectivity index (χ3n) is 9.47. The lowest BCUT2D eigenvalue weighted by Gasteiger charge is -2.23. The molecule has 63 heavy (non-hydrogen) atoms. The molecular formula is C49H45BBrN8O2PS. The van der Waals surface area contributed by atoms with Gasteiger partial charge in [-0.25, -0.2) is 4.85 Å². The van der Waals surface area contributed by atoms with Gasteiger partial charge in [0.25, 0.3) is 0 Å². The number of aliphatic imine (C=N–C) groups is 2. The van der Waals surface area contributed by atoms with Gasteiger partial charge in [0, 0.05) is 28.0 Å². The number of nitrogens with zero attached hydrogens (tertiary/aromatic N) is 6. The van der Waals surface area contributed by atoms with Gasteiger partial charge < -0.3 is 21.5 Å². The largest absolute Gasteiger partial charge is 0.487 e. The van der Waals surface area contributed by atoms with Crippen molar-refractivity contribution in [3.63, 3.8) is 0 Å². The Kier molecular flexibility index (Phi) is 19.3. The number of halogens is 1. The highest BCUT2D eigenvalue weighted by molar-refractivity contribution is 9.10. The molecule has 6 aromatic rings. The van der Waals surface area contributed by atoms with E-state index in [1.165, 1.54) is 6.07 Å². The van der Waals surface area contributed by atoms with E-state index < -0.39 is 18.2 Å². The number of fused-ring (bicyclic) bond motifs is 2. The lowest BCUT2D eigenvalue weighted by molar-refractivity contribution is 0.426. The van der Waals surface area contributed by atoms with Crippen molar-refractivity contribution in [2.24, 2.45) is 21.5 Å². The van der Waals surface area contributed by atoms with E-state index in [-0.39, 0.29) is 7.43 Å². The summed E-state index contributed by atoms with van der Waals surface area (Å²) in [5.74, 6) is 8.05.